The molecular weight excluding hydrogens is 212 g/mol. The average molecular weight is 232 g/mol. The monoisotopic (exact) mass is 232 g/mol. The number of rotatable bonds is 6. The van der Waals surface area contributed by atoms with Gasteiger partial charge in [-0.1, -0.05) is 6.07 Å². The Morgan fingerprint density at radius 2 is 2.12 bits per heavy atom. The second-order valence-electron chi connectivity index (χ2n) is 4.28. The van der Waals surface area contributed by atoms with E-state index in [1.54, 1.807) is 0 Å². The van der Waals surface area contributed by atoms with E-state index < -0.39 is 0 Å². The minimum absolute atomic E-state index is 0.976. The van der Waals surface area contributed by atoms with Gasteiger partial charge in [0.15, 0.2) is 0 Å². The Balaban J connectivity index is 1.90. The summed E-state index contributed by atoms with van der Waals surface area (Å²) in [5.41, 5.74) is 3.53. The topological polar surface area (TPSA) is 52.7 Å². The number of fused-ring (bicyclic) bond motifs is 1. The molecule has 0 saturated heterocycles. The van der Waals surface area contributed by atoms with Crippen LogP contribution in [0.4, 0.5) is 0 Å². The molecule has 1 aromatic carbocycles. The number of benzene rings is 1. The van der Waals surface area contributed by atoms with E-state index in [9.17, 15) is 0 Å². The third-order valence-corrected chi connectivity index (χ3v) is 2.81. The molecule has 0 atom stereocenters. The second kappa shape index (κ2) is 5.80. The average Bonchev–Trinajstić information content (AvgIpc) is 2.68. The number of imidazole rings is 1. The zero-order chi connectivity index (χ0) is 12.1. The largest absolute Gasteiger partial charge is 0.342 e. The standard InChI is InChI=1S/C13H20N4/c1-10-16-12-4-3-11(9-13(12)17-10)5-6-15-8-7-14-2/h3-4,9,14-15H,5-8H2,1-2H3,(H,16,17). The van der Waals surface area contributed by atoms with Crippen LogP contribution in [0.25, 0.3) is 11.0 Å². The van der Waals surface area contributed by atoms with E-state index in [4.69, 9.17) is 0 Å². The normalized spacial score (nSPS) is 11.2. The first-order chi connectivity index (χ1) is 8.29. The molecule has 4 nitrogen and oxygen atoms in total. The van der Waals surface area contributed by atoms with Crippen molar-refractivity contribution in [3.63, 3.8) is 0 Å². The lowest BCUT2D eigenvalue weighted by Gasteiger charge is -2.04. The second-order valence-corrected chi connectivity index (χ2v) is 4.28. The summed E-state index contributed by atoms with van der Waals surface area (Å²) in [6, 6.07) is 6.43. The van der Waals surface area contributed by atoms with Crippen LogP contribution in [0.3, 0.4) is 0 Å². The van der Waals surface area contributed by atoms with Crippen molar-refractivity contribution < 1.29 is 0 Å². The maximum absolute atomic E-state index is 4.40. The molecule has 0 fully saturated rings. The van der Waals surface area contributed by atoms with Gasteiger partial charge in [-0.3, -0.25) is 0 Å². The first-order valence-corrected chi connectivity index (χ1v) is 6.10. The highest BCUT2D eigenvalue weighted by Gasteiger charge is 2.00. The molecule has 3 N–H and O–H groups in total. The van der Waals surface area contributed by atoms with Gasteiger partial charge in [0.1, 0.15) is 5.82 Å². The van der Waals surface area contributed by atoms with Gasteiger partial charge < -0.3 is 15.6 Å². The van der Waals surface area contributed by atoms with Crippen LogP contribution >= 0.6 is 0 Å². The Labute approximate surface area is 102 Å². The molecule has 2 rings (SSSR count). The zero-order valence-electron chi connectivity index (χ0n) is 10.5. The Morgan fingerprint density at radius 1 is 1.24 bits per heavy atom. The quantitative estimate of drug-likeness (QED) is 0.656. The summed E-state index contributed by atoms with van der Waals surface area (Å²) in [5.74, 6) is 0.976. The number of hydrogen-bond acceptors (Lipinski definition) is 3. The fourth-order valence-electron chi connectivity index (χ4n) is 1.91. The molecule has 0 amide bonds. The first-order valence-electron chi connectivity index (χ1n) is 6.10. The summed E-state index contributed by atoms with van der Waals surface area (Å²) in [5, 5.41) is 6.52. The number of aromatic amines is 1. The van der Waals surface area contributed by atoms with E-state index in [0.29, 0.717) is 0 Å². The smallest absolute Gasteiger partial charge is 0.104 e. The number of nitrogens with one attached hydrogen (secondary N) is 3. The van der Waals surface area contributed by atoms with E-state index in [1.807, 2.05) is 14.0 Å². The molecule has 0 aliphatic rings. The third kappa shape index (κ3) is 3.28. The number of likely N-dealkylation sites (N-methyl/N-ethyl adjacent to an activating group) is 1. The van der Waals surface area contributed by atoms with Crippen LogP contribution in [0.15, 0.2) is 18.2 Å². The molecule has 92 valence electrons. The van der Waals surface area contributed by atoms with Gasteiger partial charge in [-0.25, -0.2) is 4.98 Å². The molecule has 0 bridgehead atoms. The van der Waals surface area contributed by atoms with Crippen molar-refractivity contribution in [3.05, 3.63) is 29.6 Å². The molecule has 4 heteroatoms. The lowest BCUT2D eigenvalue weighted by Crippen LogP contribution is -2.26. The Bertz CT molecular complexity index is 475. The highest BCUT2D eigenvalue weighted by molar-refractivity contribution is 5.75. The van der Waals surface area contributed by atoms with Crippen LogP contribution in [-0.4, -0.2) is 36.6 Å². The van der Waals surface area contributed by atoms with Gasteiger partial charge >= 0.3 is 0 Å². The fraction of sp³-hybridized carbons (Fsp3) is 0.462. The van der Waals surface area contributed by atoms with E-state index >= 15 is 0 Å². The number of H-pyrrole nitrogens is 1. The SMILES string of the molecule is CNCCNCCc1ccc2nc(C)[nH]c2c1. The van der Waals surface area contributed by atoms with Gasteiger partial charge in [0.05, 0.1) is 11.0 Å². The van der Waals surface area contributed by atoms with Gasteiger partial charge in [0, 0.05) is 13.1 Å². The van der Waals surface area contributed by atoms with Gasteiger partial charge in [-0.15, -0.1) is 0 Å². The zero-order valence-corrected chi connectivity index (χ0v) is 10.5. The highest BCUT2D eigenvalue weighted by atomic mass is 14.9. The number of aryl methyl sites for hydroxylation is 1. The highest BCUT2D eigenvalue weighted by Crippen LogP contribution is 2.13. The van der Waals surface area contributed by atoms with Crippen LogP contribution < -0.4 is 10.6 Å². The molecule has 2 aromatic rings. The molecule has 0 saturated carbocycles. The summed E-state index contributed by atoms with van der Waals surface area (Å²) in [7, 11) is 1.97. The van der Waals surface area contributed by atoms with Crippen molar-refractivity contribution in [2.75, 3.05) is 26.7 Å². The summed E-state index contributed by atoms with van der Waals surface area (Å²) in [4.78, 5) is 7.66. The van der Waals surface area contributed by atoms with Crippen molar-refractivity contribution in [2.24, 2.45) is 0 Å². The van der Waals surface area contributed by atoms with Crippen LogP contribution in [0, 0.1) is 6.92 Å². The molecular formula is C13H20N4. The molecule has 0 spiro atoms. The molecule has 1 aromatic heterocycles. The summed E-state index contributed by atoms with van der Waals surface area (Å²) in [6.45, 7) is 5.03. The maximum Gasteiger partial charge on any atom is 0.104 e. The van der Waals surface area contributed by atoms with Gasteiger partial charge in [-0.2, -0.15) is 0 Å². The van der Waals surface area contributed by atoms with Crippen LogP contribution in [0.2, 0.25) is 0 Å². The molecule has 0 aliphatic heterocycles. The van der Waals surface area contributed by atoms with E-state index in [1.165, 1.54) is 5.56 Å². The summed E-state index contributed by atoms with van der Waals surface area (Å²) < 4.78 is 0. The number of hydrogen-bond donors (Lipinski definition) is 3. The Kier molecular flexibility index (Phi) is 4.12. The summed E-state index contributed by atoms with van der Waals surface area (Å²) >= 11 is 0. The maximum atomic E-state index is 4.40. The first kappa shape index (κ1) is 12.1. The predicted octanol–water partition coefficient (Wildman–Crippen LogP) is 1.22. The van der Waals surface area contributed by atoms with Crippen LogP contribution in [-0.2, 0) is 6.42 Å². The van der Waals surface area contributed by atoms with Crippen molar-refractivity contribution in [2.45, 2.75) is 13.3 Å². The van der Waals surface area contributed by atoms with Crippen LogP contribution in [0.5, 0.6) is 0 Å². The molecule has 17 heavy (non-hydrogen) atoms. The van der Waals surface area contributed by atoms with E-state index in [-0.39, 0.29) is 0 Å². The predicted molar refractivity (Wildman–Crippen MR) is 71.3 cm³/mol. The number of nitrogens with zero attached hydrogens (tertiary/aromatic N) is 1. The van der Waals surface area contributed by atoms with E-state index in [0.717, 1.165) is 42.9 Å². The molecule has 0 aliphatic carbocycles. The molecule has 0 radical (unpaired) electrons. The van der Waals surface area contributed by atoms with Crippen molar-refractivity contribution >= 4 is 11.0 Å². The van der Waals surface area contributed by atoms with E-state index in [2.05, 4.69) is 38.8 Å². The van der Waals surface area contributed by atoms with Gasteiger partial charge in [-0.05, 0) is 44.6 Å². The van der Waals surface area contributed by atoms with Gasteiger partial charge in [0.25, 0.3) is 0 Å². The third-order valence-electron chi connectivity index (χ3n) is 2.81. The lowest BCUT2D eigenvalue weighted by molar-refractivity contribution is 0.649. The minimum atomic E-state index is 0.976. The van der Waals surface area contributed by atoms with Crippen molar-refractivity contribution in [1.82, 2.24) is 20.6 Å². The molecule has 0 unspecified atom stereocenters. The van der Waals surface area contributed by atoms with Crippen molar-refractivity contribution in [3.8, 4) is 0 Å². The fourth-order valence-corrected chi connectivity index (χ4v) is 1.91. The minimum Gasteiger partial charge on any atom is -0.342 e. The Morgan fingerprint density at radius 3 is 2.94 bits per heavy atom. The number of aromatic nitrogens is 2. The Hall–Kier alpha value is -1.39. The molecule has 1 heterocycles. The van der Waals surface area contributed by atoms with Gasteiger partial charge in [0.2, 0.25) is 0 Å². The van der Waals surface area contributed by atoms with Crippen LogP contribution in [0.1, 0.15) is 11.4 Å². The van der Waals surface area contributed by atoms with Crippen molar-refractivity contribution in [1.29, 1.82) is 0 Å². The summed E-state index contributed by atoms with van der Waals surface area (Å²) in [6.07, 6.45) is 1.05. The lowest BCUT2D eigenvalue weighted by atomic mass is 10.1.